The lowest BCUT2D eigenvalue weighted by Gasteiger charge is -2.34. The molecule has 0 radical (unpaired) electrons. The first-order valence-electron chi connectivity index (χ1n) is 8.52. The number of nitrogens with zero attached hydrogens (tertiary/aromatic N) is 2. The molecule has 2 aliphatic heterocycles. The number of rotatable bonds is 2. The summed E-state index contributed by atoms with van der Waals surface area (Å²) in [7, 11) is 1.91. The number of piperidine rings is 1. The summed E-state index contributed by atoms with van der Waals surface area (Å²) in [4.78, 5) is 39.6. The minimum atomic E-state index is -0.861. The third kappa shape index (κ3) is 3.60. The van der Waals surface area contributed by atoms with Crippen molar-refractivity contribution in [2.45, 2.75) is 19.8 Å². The third-order valence-corrected chi connectivity index (χ3v) is 4.90. The SMILES string of the molecule is CC1CC(C(=O)O)CN(C(=O)c2ccc3c(c2)NC(=O)CCN3C)C1. The van der Waals surface area contributed by atoms with Crippen LogP contribution in [0.2, 0.25) is 0 Å². The number of amides is 2. The zero-order valence-corrected chi connectivity index (χ0v) is 14.5. The molecule has 2 amide bonds. The minimum absolute atomic E-state index is 0.0762. The quantitative estimate of drug-likeness (QED) is 0.851. The Morgan fingerprint density at radius 3 is 2.76 bits per heavy atom. The maximum atomic E-state index is 12.9. The highest BCUT2D eigenvalue weighted by Gasteiger charge is 2.32. The van der Waals surface area contributed by atoms with Gasteiger partial charge in [0.2, 0.25) is 5.91 Å². The van der Waals surface area contributed by atoms with E-state index in [-0.39, 0.29) is 24.3 Å². The van der Waals surface area contributed by atoms with Crippen molar-refractivity contribution in [1.82, 2.24) is 4.90 Å². The average molecular weight is 345 g/mol. The van der Waals surface area contributed by atoms with Crippen molar-refractivity contribution in [2.24, 2.45) is 11.8 Å². The van der Waals surface area contributed by atoms with Crippen molar-refractivity contribution >= 4 is 29.2 Å². The Kier molecular flexibility index (Phi) is 4.65. The summed E-state index contributed by atoms with van der Waals surface area (Å²) in [5, 5.41) is 12.1. The van der Waals surface area contributed by atoms with Gasteiger partial charge in [0.15, 0.2) is 0 Å². The average Bonchev–Trinajstić information content (AvgIpc) is 2.71. The highest BCUT2D eigenvalue weighted by Crippen LogP contribution is 2.30. The molecule has 1 aromatic carbocycles. The fourth-order valence-corrected chi connectivity index (χ4v) is 3.58. The fourth-order valence-electron chi connectivity index (χ4n) is 3.58. The van der Waals surface area contributed by atoms with Crippen molar-refractivity contribution in [1.29, 1.82) is 0 Å². The molecule has 0 spiro atoms. The van der Waals surface area contributed by atoms with Crippen LogP contribution in [0, 0.1) is 11.8 Å². The molecule has 0 bridgehead atoms. The molecule has 1 saturated heterocycles. The van der Waals surface area contributed by atoms with Crippen LogP contribution in [-0.2, 0) is 9.59 Å². The number of likely N-dealkylation sites (tertiary alicyclic amines) is 1. The number of anilines is 2. The van der Waals surface area contributed by atoms with Crippen molar-refractivity contribution in [3.63, 3.8) is 0 Å². The van der Waals surface area contributed by atoms with E-state index in [2.05, 4.69) is 5.32 Å². The first-order chi connectivity index (χ1) is 11.8. The smallest absolute Gasteiger partial charge is 0.308 e. The molecule has 2 N–H and O–H groups in total. The van der Waals surface area contributed by atoms with Crippen LogP contribution in [0.15, 0.2) is 18.2 Å². The standard InChI is InChI=1S/C18H23N3O4/c1-11-7-13(18(24)25)10-21(9-11)17(23)12-3-4-15-14(8-12)19-16(22)5-6-20(15)2/h3-4,8,11,13H,5-7,9-10H2,1-2H3,(H,19,22)(H,24,25). The van der Waals surface area contributed by atoms with Crippen molar-refractivity contribution in [2.75, 3.05) is 36.9 Å². The van der Waals surface area contributed by atoms with Gasteiger partial charge in [0.05, 0.1) is 17.3 Å². The third-order valence-electron chi connectivity index (χ3n) is 4.90. The number of aliphatic carboxylic acids is 1. The lowest BCUT2D eigenvalue weighted by Crippen LogP contribution is -2.45. The van der Waals surface area contributed by atoms with Gasteiger partial charge in [0.25, 0.3) is 5.91 Å². The predicted octanol–water partition coefficient (Wildman–Crippen LogP) is 1.65. The molecule has 2 unspecified atom stereocenters. The summed E-state index contributed by atoms with van der Waals surface area (Å²) in [5.74, 6) is -1.51. The van der Waals surface area contributed by atoms with Gasteiger partial charge in [-0.3, -0.25) is 14.4 Å². The number of benzene rings is 1. The zero-order valence-electron chi connectivity index (χ0n) is 14.5. The summed E-state index contributed by atoms with van der Waals surface area (Å²) in [6, 6.07) is 5.26. The molecule has 0 aliphatic carbocycles. The van der Waals surface area contributed by atoms with Crippen molar-refractivity contribution in [3.8, 4) is 0 Å². The molecule has 0 saturated carbocycles. The van der Waals surface area contributed by atoms with Crippen molar-refractivity contribution < 1.29 is 19.5 Å². The second-order valence-corrected chi connectivity index (χ2v) is 7.04. The number of carboxylic acids is 1. The van der Waals surface area contributed by atoms with Gasteiger partial charge in [-0.25, -0.2) is 0 Å². The molecule has 25 heavy (non-hydrogen) atoms. The number of carboxylic acid groups (broad SMARTS) is 1. The Balaban J connectivity index is 1.85. The van der Waals surface area contributed by atoms with E-state index in [1.54, 1.807) is 17.0 Å². The van der Waals surface area contributed by atoms with Gasteiger partial charge in [0, 0.05) is 38.7 Å². The van der Waals surface area contributed by atoms with Crippen LogP contribution in [0.25, 0.3) is 0 Å². The number of hydrogen-bond acceptors (Lipinski definition) is 4. The lowest BCUT2D eigenvalue weighted by molar-refractivity contribution is -0.143. The summed E-state index contributed by atoms with van der Waals surface area (Å²) in [6.45, 7) is 3.35. The highest BCUT2D eigenvalue weighted by atomic mass is 16.4. The van der Waals surface area contributed by atoms with Crippen LogP contribution in [0.4, 0.5) is 11.4 Å². The van der Waals surface area contributed by atoms with Gasteiger partial charge in [-0.1, -0.05) is 6.92 Å². The second-order valence-electron chi connectivity index (χ2n) is 7.04. The van der Waals surface area contributed by atoms with Crippen molar-refractivity contribution in [3.05, 3.63) is 23.8 Å². The molecule has 7 heteroatoms. The number of carbonyl (C=O) groups is 3. The maximum absolute atomic E-state index is 12.9. The van der Waals surface area contributed by atoms with Crippen LogP contribution < -0.4 is 10.2 Å². The molecule has 2 aliphatic rings. The molecule has 2 heterocycles. The van der Waals surface area contributed by atoms with Crippen LogP contribution in [-0.4, -0.2) is 54.5 Å². The normalized spacial score (nSPS) is 23.5. The minimum Gasteiger partial charge on any atom is -0.481 e. The van der Waals surface area contributed by atoms with E-state index < -0.39 is 11.9 Å². The number of nitrogens with one attached hydrogen (secondary N) is 1. The van der Waals surface area contributed by atoms with E-state index >= 15 is 0 Å². The topological polar surface area (TPSA) is 90.0 Å². The fraction of sp³-hybridized carbons (Fsp3) is 0.500. The molecule has 1 fully saturated rings. The summed E-state index contributed by atoms with van der Waals surface area (Å²) in [6.07, 6.45) is 0.989. The Bertz CT molecular complexity index is 718. The first-order valence-corrected chi connectivity index (χ1v) is 8.52. The van der Waals surface area contributed by atoms with E-state index in [9.17, 15) is 19.5 Å². The largest absolute Gasteiger partial charge is 0.481 e. The Morgan fingerprint density at radius 1 is 1.28 bits per heavy atom. The van der Waals surface area contributed by atoms with Gasteiger partial charge >= 0.3 is 5.97 Å². The van der Waals surface area contributed by atoms with Gasteiger partial charge in [-0.2, -0.15) is 0 Å². The Hall–Kier alpha value is -2.57. The van der Waals surface area contributed by atoms with E-state index in [4.69, 9.17) is 0 Å². The Labute approximate surface area is 146 Å². The molecule has 3 rings (SSSR count). The molecular formula is C18H23N3O4. The maximum Gasteiger partial charge on any atom is 0.308 e. The second kappa shape index (κ2) is 6.74. The molecule has 134 valence electrons. The number of hydrogen-bond donors (Lipinski definition) is 2. The van der Waals surface area contributed by atoms with Gasteiger partial charge < -0.3 is 20.2 Å². The molecule has 7 nitrogen and oxygen atoms in total. The molecule has 0 aromatic heterocycles. The molecule has 2 atom stereocenters. The number of fused-ring (bicyclic) bond motifs is 1. The van der Waals surface area contributed by atoms with E-state index in [0.717, 1.165) is 5.69 Å². The van der Waals surface area contributed by atoms with Crippen LogP contribution >= 0.6 is 0 Å². The Morgan fingerprint density at radius 2 is 2.04 bits per heavy atom. The predicted molar refractivity (Wildman–Crippen MR) is 93.8 cm³/mol. The summed E-state index contributed by atoms with van der Waals surface area (Å²) >= 11 is 0. The first kappa shape index (κ1) is 17.3. The highest BCUT2D eigenvalue weighted by molar-refractivity contribution is 6.01. The van der Waals surface area contributed by atoms with Crippen LogP contribution in [0.5, 0.6) is 0 Å². The summed E-state index contributed by atoms with van der Waals surface area (Å²) < 4.78 is 0. The van der Waals surface area contributed by atoms with Gasteiger partial charge in [0.1, 0.15) is 0 Å². The van der Waals surface area contributed by atoms with E-state index in [1.807, 2.05) is 24.9 Å². The van der Waals surface area contributed by atoms with Crippen LogP contribution in [0.1, 0.15) is 30.1 Å². The monoisotopic (exact) mass is 345 g/mol. The van der Waals surface area contributed by atoms with E-state index in [1.165, 1.54) is 0 Å². The van der Waals surface area contributed by atoms with Gasteiger partial charge in [-0.15, -0.1) is 0 Å². The number of carbonyl (C=O) groups excluding carboxylic acids is 2. The van der Waals surface area contributed by atoms with Gasteiger partial charge in [-0.05, 0) is 30.5 Å². The molecular weight excluding hydrogens is 322 g/mol. The summed E-state index contributed by atoms with van der Waals surface area (Å²) in [5.41, 5.74) is 1.96. The molecule has 1 aromatic rings. The zero-order chi connectivity index (χ0) is 18.1. The van der Waals surface area contributed by atoms with Crippen LogP contribution in [0.3, 0.4) is 0 Å². The van der Waals surface area contributed by atoms with E-state index in [0.29, 0.717) is 37.2 Å². The lowest BCUT2D eigenvalue weighted by atomic mass is 9.90.